The highest BCUT2D eigenvalue weighted by atomic mass is 19.2. The van der Waals surface area contributed by atoms with Crippen LogP contribution in [0, 0.1) is 11.6 Å². The lowest BCUT2D eigenvalue weighted by atomic mass is 10.1. The highest BCUT2D eigenvalue weighted by Crippen LogP contribution is 2.17. The number of likely N-dealkylation sites (N-methyl/N-ethyl adjacent to an activating group) is 1. The monoisotopic (exact) mass is 385 g/mol. The quantitative estimate of drug-likeness (QED) is 0.678. The number of carbonyl (C=O) groups is 2. The Morgan fingerprint density at radius 2 is 1.86 bits per heavy atom. The lowest BCUT2D eigenvalue weighted by Crippen LogP contribution is -2.39. The molecule has 1 atom stereocenters. The van der Waals surface area contributed by atoms with Crippen molar-refractivity contribution in [1.82, 2.24) is 25.6 Å². The van der Waals surface area contributed by atoms with E-state index in [1.807, 2.05) is 30.3 Å². The van der Waals surface area contributed by atoms with Crippen LogP contribution in [0.2, 0.25) is 0 Å². The number of hydrogen-bond acceptors (Lipinski definition) is 4. The minimum absolute atomic E-state index is 0.00702. The van der Waals surface area contributed by atoms with Crippen molar-refractivity contribution in [2.24, 2.45) is 0 Å². The standard InChI is InChI=1S/C19H17F2N5O2/c1-22-19(28)17(13-7-8-14(20)15(21)9-13)23-18(27)16-11-26(25-24-16)10-12-5-3-2-4-6-12/h2-9,11,17H,10H2,1H3,(H,22,28)(H,23,27). The van der Waals surface area contributed by atoms with Crippen molar-refractivity contribution in [3.05, 3.63) is 83.2 Å². The molecule has 1 unspecified atom stereocenters. The molecule has 3 rings (SSSR count). The zero-order valence-corrected chi connectivity index (χ0v) is 14.9. The Bertz CT molecular complexity index is 991. The zero-order valence-electron chi connectivity index (χ0n) is 14.9. The number of hydrogen-bond donors (Lipinski definition) is 2. The molecule has 1 aromatic heterocycles. The highest BCUT2D eigenvalue weighted by molar-refractivity contribution is 5.96. The molecular formula is C19H17F2N5O2. The zero-order chi connectivity index (χ0) is 20.1. The van der Waals surface area contributed by atoms with Crippen molar-refractivity contribution in [2.45, 2.75) is 12.6 Å². The van der Waals surface area contributed by atoms with Gasteiger partial charge in [0.25, 0.3) is 5.91 Å². The summed E-state index contributed by atoms with van der Waals surface area (Å²) in [7, 11) is 1.37. The largest absolute Gasteiger partial charge is 0.357 e. The molecule has 0 fully saturated rings. The van der Waals surface area contributed by atoms with E-state index in [2.05, 4.69) is 20.9 Å². The van der Waals surface area contributed by atoms with Crippen molar-refractivity contribution in [2.75, 3.05) is 7.05 Å². The molecule has 3 aromatic rings. The average Bonchev–Trinajstić information content (AvgIpc) is 3.17. The summed E-state index contributed by atoms with van der Waals surface area (Å²) in [4.78, 5) is 24.6. The molecule has 0 spiro atoms. The Hall–Kier alpha value is -3.62. The molecule has 0 radical (unpaired) electrons. The van der Waals surface area contributed by atoms with E-state index in [1.54, 1.807) is 0 Å². The molecule has 0 saturated heterocycles. The second kappa shape index (κ2) is 8.38. The van der Waals surface area contributed by atoms with Crippen LogP contribution in [0.15, 0.2) is 54.7 Å². The summed E-state index contributed by atoms with van der Waals surface area (Å²) >= 11 is 0. The summed E-state index contributed by atoms with van der Waals surface area (Å²) in [5, 5.41) is 12.6. The number of rotatable bonds is 6. The molecule has 2 N–H and O–H groups in total. The fourth-order valence-electron chi connectivity index (χ4n) is 2.59. The van der Waals surface area contributed by atoms with Gasteiger partial charge in [0, 0.05) is 7.05 Å². The lowest BCUT2D eigenvalue weighted by Gasteiger charge is -2.17. The van der Waals surface area contributed by atoms with Gasteiger partial charge in [-0.25, -0.2) is 13.5 Å². The number of amides is 2. The summed E-state index contributed by atoms with van der Waals surface area (Å²) in [6.07, 6.45) is 1.44. The Labute approximate surface area is 159 Å². The summed E-state index contributed by atoms with van der Waals surface area (Å²) in [6.45, 7) is 0.420. The van der Waals surface area contributed by atoms with Gasteiger partial charge in [0.15, 0.2) is 17.3 Å². The number of carbonyl (C=O) groups excluding carboxylic acids is 2. The first kappa shape index (κ1) is 19.2. The van der Waals surface area contributed by atoms with Gasteiger partial charge >= 0.3 is 0 Å². The molecule has 0 aliphatic heterocycles. The van der Waals surface area contributed by atoms with Crippen LogP contribution < -0.4 is 10.6 Å². The van der Waals surface area contributed by atoms with Gasteiger partial charge in [0.1, 0.15) is 6.04 Å². The minimum Gasteiger partial charge on any atom is -0.357 e. The molecule has 28 heavy (non-hydrogen) atoms. The number of halogens is 2. The maximum Gasteiger partial charge on any atom is 0.274 e. The molecule has 0 bridgehead atoms. The van der Waals surface area contributed by atoms with E-state index in [1.165, 1.54) is 24.0 Å². The van der Waals surface area contributed by atoms with Gasteiger partial charge in [-0.2, -0.15) is 0 Å². The number of benzene rings is 2. The van der Waals surface area contributed by atoms with Gasteiger partial charge in [-0.15, -0.1) is 5.10 Å². The van der Waals surface area contributed by atoms with Gasteiger partial charge < -0.3 is 10.6 Å². The first-order valence-corrected chi connectivity index (χ1v) is 8.39. The third-order valence-electron chi connectivity index (χ3n) is 4.02. The molecule has 9 heteroatoms. The van der Waals surface area contributed by atoms with Gasteiger partial charge in [0.2, 0.25) is 5.91 Å². The first-order chi connectivity index (χ1) is 13.5. The lowest BCUT2D eigenvalue weighted by molar-refractivity contribution is -0.122. The molecule has 0 aliphatic carbocycles. The van der Waals surface area contributed by atoms with E-state index in [4.69, 9.17) is 0 Å². The SMILES string of the molecule is CNC(=O)C(NC(=O)c1cn(Cc2ccccc2)nn1)c1ccc(F)c(F)c1. The van der Waals surface area contributed by atoms with Crippen LogP contribution in [0.4, 0.5) is 8.78 Å². The molecule has 2 amide bonds. The van der Waals surface area contributed by atoms with Crippen LogP contribution in [0.1, 0.15) is 27.7 Å². The molecular weight excluding hydrogens is 368 g/mol. The van der Waals surface area contributed by atoms with E-state index in [0.29, 0.717) is 6.54 Å². The second-order valence-electron chi connectivity index (χ2n) is 5.98. The summed E-state index contributed by atoms with van der Waals surface area (Å²) in [6, 6.07) is 11.2. The molecule has 144 valence electrons. The third-order valence-corrected chi connectivity index (χ3v) is 4.02. The van der Waals surface area contributed by atoms with E-state index in [-0.39, 0.29) is 11.3 Å². The first-order valence-electron chi connectivity index (χ1n) is 8.39. The fraction of sp³-hybridized carbons (Fsp3) is 0.158. The van der Waals surface area contributed by atoms with Crippen LogP contribution in [0.3, 0.4) is 0 Å². The fourth-order valence-corrected chi connectivity index (χ4v) is 2.59. The van der Waals surface area contributed by atoms with Crippen molar-refractivity contribution in [1.29, 1.82) is 0 Å². The Kier molecular flexibility index (Phi) is 5.73. The average molecular weight is 385 g/mol. The molecule has 2 aromatic carbocycles. The van der Waals surface area contributed by atoms with Crippen molar-refractivity contribution < 1.29 is 18.4 Å². The van der Waals surface area contributed by atoms with Crippen LogP contribution >= 0.6 is 0 Å². The second-order valence-corrected chi connectivity index (χ2v) is 5.98. The molecule has 0 aliphatic rings. The van der Waals surface area contributed by atoms with Crippen molar-refractivity contribution >= 4 is 11.8 Å². The van der Waals surface area contributed by atoms with Crippen LogP contribution in [-0.4, -0.2) is 33.9 Å². The minimum atomic E-state index is -1.22. The topological polar surface area (TPSA) is 88.9 Å². The maximum absolute atomic E-state index is 13.5. The number of nitrogens with zero attached hydrogens (tertiary/aromatic N) is 3. The van der Waals surface area contributed by atoms with E-state index in [0.717, 1.165) is 17.7 Å². The van der Waals surface area contributed by atoms with Crippen molar-refractivity contribution in [3.8, 4) is 0 Å². The number of nitrogens with one attached hydrogen (secondary N) is 2. The summed E-state index contributed by atoms with van der Waals surface area (Å²) in [5.41, 5.74) is 1.07. The Balaban J connectivity index is 1.77. The van der Waals surface area contributed by atoms with Gasteiger partial charge in [-0.3, -0.25) is 9.59 Å². The predicted molar refractivity (Wildman–Crippen MR) is 96.2 cm³/mol. The molecule has 1 heterocycles. The maximum atomic E-state index is 13.5. The van der Waals surface area contributed by atoms with Gasteiger partial charge in [0.05, 0.1) is 12.7 Å². The number of aromatic nitrogens is 3. The predicted octanol–water partition coefficient (Wildman–Crippen LogP) is 1.82. The van der Waals surface area contributed by atoms with Gasteiger partial charge in [-0.1, -0.05) is 41.6 Å². The van der Waals surface area contributed by atoms with Crippen LogP contribution in [0.5, 0.6) is 0 Å². The smallest absolute Gasteiger partial charge is 0.274 e. The highest BCUT2D eigenvalue weighted by Gasteiger charge is 2.24. The van der Waals surface area contributed by atoms with E-state index >= 15 is 0 Å². The third kappa shape index (κ3) is 4.37. The Morgan fingerprint density at radius 1 is 1.11 bits per heavy atom. The Morgan fingerprint density at radius 3 is 2.54 bits per heavy atom. The van der Waals surface area contributed by atoms with E-state index < -0.39 is 29.5 Å². The molecule has 7 nitrogen and oxygen atoms in total. The van der Waals surface area contributed by atoms with Crippen LogP contribution in [0.25, 0.3) is 0 Å². The van der Waals surface area contributed by atoms with Gasteiger partial charge in [-0.05, 0) is 23.3 Å². The molecule has 0 saturated carbocycles. The normalized spacial score (nSPS) is 11.7. The van der Waals surface area contributed by atoms with Crippen LogP contribution in [-0.2, 0) is 11.3 Å². The van der Waals surface area contributed by atoms with Crippen molar-refractivity contribution in [3.63, 3.8) is 0 Å². The summed E-state index contributed by atoms with van der Waals surface area (Å²) < 4.78 is 28.2. The summed E-state index contributed by atoms with van der Waals surface area (Å²) in [5.74, 6) is -3.42. The van der Waals surface area contributed by atoms with E-state index in [9.17, 15) is 18.4 Å².